The predicted octanol–water partition coefficient (Wildman–Crippen LogP) is 3.93. The van der Waals surface area contributed by atoms with Crippen LogP contribution in [0.3, 0.4) is 0 Å². The fourth-order valence-corrected chi connectivity index (χ4v) is 8.02. The highest BCUT2D eigenvalue weighted by Crippen LogP contribution is 2.53. The normalized spacial score (nSPS) is 22.8. The van der Waals surface area contributed by atoms with Crippen molar-refractivity contribution in [3.05, 3.63) is 74.2 Å². The van der Waals surface area contributed by atoms with E-state index in [2.05, 4.69) is 4.98 Å². The van der Waals surface area contributed by atoms with Crippen molar-refractivity contribution in [3.8, 4) is 5.75 Å². The van der Waals surface area contributed by atoms with E-state index >= 15 is 0 Å². The molecule has 0 spiro atoms. The Morgan fingerprint density at radius 3 is 2.55 bits per heavy atom. The number of hydrogen-bond donors (Lipinski definition) is 1. The van der Waals surface area contributed by atoms with E-state index in [1.54, 1.807) is 18.2 Å². The molecule has 0 bridgehead atoms. The zero-order chi connectivity index (χ0) is 26.4. The average molecular weight is 550 g/mol. The highest BCUT2D eigenvalue weighted by molar-refractivity contribution is 8.00. The minimum Gasteiger partial charge on any atom is -0.484 e. The number of thioether (sulfide) groups is 1. The van der Waals surface area contributed by atoms with E-state index in [0.29, 0.717) is 16.5 Å². The Morgan fingerprint density at radius 2 is 1.79 bits per heavy atom. The summed E-state index contributed by atoms with van der Waals surface area (Å²) in [6.07, 6.45) is 3.17. The summed E-state index contributed by atoms with van der Waals surface area (Å²) in [6.45, 7) is 3.41. The Kier molecular flexibility index (Phi) is 6.61. The van der Waals surface area contributed by atoms with Crippen molar-refractivity contribution in [2.75, 3.05) is 24.6 Å². The van der Waals surface area contributed by atoms with Crippen LogP contribution < -0.4 is 14.5 Å². The number of rotatable bonds is 5. The van der Waals surface area contributed by atoms with Gasteiger partial charge in [0.1, 0.15) is 11.0 Å². The van der Waals surface area contributed by atoms with E-state index in [0.717, 1.165) is 59.7 Å². The number of carbonyl (C=O) groups excluding carboxylic acids is 3. The van der Waals surface area contributed by atoms with Gasteiger partial charge in [-0.2, -0.15) is 0 Å². The lowest BCUT2D eigenvalue weighted by molar-refractivity contribution is -0.134. The number of hydrogen-bond acceptors (Lipinski definition) is 7. The van der Waals surface area contributed by atoms with Crippen molar-refractivity contribution in [2.45, 2.75) is 42.4 Å². The van der Waals surface area contributed by atoms with Crippen LogP contribution in [0.25, 0.3) is 0 Å². The van der Waals surface area contributed by atoms with Crippen molar-refractivity contribution in [1.29, 1.82) is 0 Å². The SMILES string of the molecule is Cc1ccc(N2C(=O)[C@H]3[C@H](c4cccc(OCC(=O)N5CCCCC5)c4)c4sc(=O)[nH]c4S[C@H]3C2=O)cc1. The summed E-state index contributed by atoms with van der Waals surface area (Å²) in [5.41, 5.74) is 2.35. The molecule has 8 nitrogen and oxygen atoms in total. The maximum atomic E-state index is 13.8. The van der Waals surface area contributed by atoms with E-state index in [9.17, 15) is 19.2 Å². The Balaban J connectivity index is 1.32. The molecule has 3 atom stereocenters. The van der Waals surface area contributed by atoms with Crippen molar-refractivity contribution >= 4 is 46.5 Å². The molecule has 3 aliphatic rings. The molecule has 2 fully saturated rings. The largest absolute Gasteiger partial charge is 0.484 e. The molecule has 1 N–H and O–H groups in total. The lowest BCUT2D eigenvalue weighted by Gasteiger charge is -2.30. The van der Waals surface area contributed by atoms with Gasteiger partial charge in [-0.1, -0.05) is 52.9 Å². The molecule has 0 unspecified atom stereocenters. The van der Waals surface area contributed by atoms with Crippen LogP contribution in [-0.2, 0) is 14.4 Å². The van der Waals surface area contributed by atoms with E-state index in [4.69, 9.17) is 4.74 Å². The Hall–Kier alpha value is -3.37. The van der Waals surface area contributed by atoms with Crippen LogP contribution in [-0.4, -0.2) is 52.6 Å². The smallest absolute Gasteiger partial charge is 0.305 e. The van der Waals surface area contributed by atoms with Crippen LogP contribution in [0.15, 0.2) is 58.4 Å². The summed E-state index contributed by atoms with van der Waals surface area (Å²) in [4.78, 5) is 58.8. The second-order valence-corrected chi connectivity index (χ2v) is 12.1. The number of amides is 3. The van der Waals surface area contributed by atoms with Gasteiger partial charge in [-0.25, -0.2) is 4.90 Å². The Morgan fingerprint density at radius 1 is 1.03 bits per heavy atom. The molecule has 3 aromatic rings. The van der Waals surface area contributed by atoms with Crippen LogP contribution in [0.1, 0.15) is 41.2 Å². The number of aryl methyl sites for hydroxylation is 1. The number of likely N-dealkylation sites (tertiary alicyclic amines) is 1. The second-order valence-electron chi connectivity index (χ2n) is 9.90. The third-order valence-corrected chi connectivity index (χ3v) is 9.81. The van der Waals surface area contributed by atoms with Gasteiger partial charge in [-0.3, -0.25) is 19.2 Å². The van der Waals surface area contributed by atoms with Gasteiger partial charge in [0.25, 0.3) is 5.91 Å². The van der Waals surface area contributed by atoms with E-state index < -0.39 is 17.1 Å². The summed E-state index contributed by atoms with van der Waals surface area (Å²) >= 11 is 2.33. The lowest BCUT2D eigenvalue weighted by Crippen LogP contribution is -2.38. The number of carbonyl (C=O) groups is 3. The third kappa shape index (κ3) is 4.45. The van der Waals surface area contributed by atoms with Gasteiger partial charge in [-0.15, -0.1) is 0 Å². The minimum atomic E-state index is -0.669. The van der Waals surface area contributed by atoms with Gasteiger partial charge in [-0.05, 0) is 56.0 Å². The molecule has 0 aliphatic carbocycles. The summed E-state index contributed by atoms with van der Waals surface area (Å²) < 4.78 is 5.88. The zero-order valence-electron chi connectivity index (χ0n) is 20.8. The molecule has 3 amide bonds. The van der Waals surface area contributed by atoms with Gasteiger partial charge < -0.3 is 14.6 Å². The molecular weight excluding hydrogens is 522 g/mol. The van der Waals surface area contributed by atoms with E-state index in [-0.39, 0.29) is 29.2 Å². The van der Waals surface area contributed by atoms with Gasteiger partial charge in [0.2, 0.25) is 11.8 Å². The number of nitrogens with zero attached hydrogens (tertiary/aromatic N) is 2. The molecule has 4 heterocycles. The Bertz CT molecular complexity index is 1460. The number of piperidine rings is 1. The molecule has 38 heavy (non-hydrogen) atoms. The summed E-state index contributed by atoms with van der Waals surface area (Å²) in [5.74, 6) is -1.25. The van der Waals surface area contributed by atoms with Crippen LogP contribution in [0.5, 0.6) is 5.75 Å². The van der Waals surface area contributed by atoms with E-state index in [1.165, 1.54) is 16.7 Å². The number of aromatic nitrogens is 1. The van der Waals surface area contributed by atoms with Gasteiger partial charge in [0.15, 0.2) is 6.61 Å². The first-order chi connectivity index (χ1) is 18.4. The first-order valence-corrected chi connectivity index (χ1v) is 14.4. The molecule has 1 aromatic heterocycles. The van der Waals surface area contributed by atoms with Gasteiger partial charge >= 0.3 is 4.87 Å². The van der Waals surface area contributed by atoms with Crippen LogP contribution >= 0.6 is 23.1 Å². The van der Waals surface area contributed by atoms with Crippen molar-refractivity contribution in [3.63, 3.8) is 0 Å². The molecule has 3 aliphatic heterocycles. The van der Waals surface area contributed by atoms with Crippen molar-refractivity contribution < 1.29 is 19.1 Å². The predicted molar refractivity (Wildman–Crippen MR) is 146 cm³/mol. The number of ether oxygens (including phenoxy) is 1. The maximum Gasteiger partial charge on any atom is 0.305 e. The molecule has 10 heteroatoms. The summed E-state index contributed by atoms with van der Waals surface area (Å²) in [6, 6.07) is 14.6. The number of benzene rings is 2. The molecule has 196 valence electrons. The number of H-pyrrole nitrogens is 1. The summed E-state index contributed by atoms with van der Waals surface area (Å²) in [7, 11) is 0. The molecule has 0 saturated carbocycles. The number of nitrogens with one attached hydrogen (secondary N) is 1. The van der Waals surface area contributed by atoms with Crippen LogP contribution in [0, 0.1) is 12.8 Å². The lowest BCUT2D eigenvalue weighted by atomic mass is 9.83. The summed E-state index contributed by atoms with van der Waals surface area (Å²) in [5, 5.41) is -0.0263. The number of aromatic amines is 1. The van der Waals surface area contributed by atoms with E-state index in [1.807, 2.05) is 42.2 Å². The fourth-order valence-electron chi connectivity index (χ4n) is 5.50. The molecular formula is C28H27N3O5S2. The molecule has 2 saturated heterocycles. The molecule has 2 aromatic carbocycles. The quantitative estimate of drug-likeness (QED) is 0.484. The number of thiazole rings is 1. The van der Waals surface area contributed by atoms with Crippen molar-refractivity contribution in [2.24, 2.45) is 5.92 Å². The fraction of sp³-hybridized carbons (Fsp3) is 0.357. The highest BCUT2D eigenvalue weighted by atomic mass is 32.2. The number of anilines is 1. The third-order valence-electron chi connectivity index (χ3n) is 7.40. The van der Waals surface area contributed by atoms with Gasteiger partial charge in [0.05, 0.1) is 16.6 Å². The van der Waals surface area contributed by atoms with Gasteiger partial charge in [0, 0.05) is 23.9 Å². The standard InChI is InChI=1S/C28H27N3O5S2/c1-16-8-10-18(11-9-16)31-26(33)22-21(23-25(29-28(35)38-23)37-24(22)27(31)34)17-6-5-7-19(14-17)36-15-20(32)30-12-3-2-4-13-30/h5-11,14,21-22,24H,2-4,12-13,15H2,1H3,(H,29,35)/t21-,22-,24+/m0/s1. The van der Waals surface area contributed by atoms with Crippen molar-refractivity contribution in [1.82, 2.24) is 9.88 Å². The highest BCUT2D eigenvalue weighted by Gasteiger charge is 2.56. The molecule has 0 radical (unpaired) electrons. The monoisotopic (exact) mass is 549 g/mol. The number of imide groups is 1. The molecule has 6 rings (SSSR count). The van der Waals surface area contributed by atoms with Crippen LogP contribution in [0.2, 0.25) is 0 Å². The topological polar surface area (TPSA) is 99.8 Å². The average Bonchev–Trinajstić information content (AvgIpc) is 3.42. The van der Waals surface area contributed by atoms with Crippen LogP contribution in [0.4, 0.5) is 5.69 Å². The number of fused-ring (bicyclic) bond motifs is 2. The minimum absolute atomic E-state index is 0.0410. The maximum absolute atomic E-state index is 13.8. The first-order valence-electron chi connectivity index (χ1n) is 12.8. The Labute approximate surface area is 228 Å². The zero-order valence-corrected chi connectivity index (χ0v) is 22.5. The first kappa shape index (κ1) is 24.9. The second kappa shape index (κ2) is 10.1.